The molecular formula is C17H21FN4O. The molecule has 6 heteroatoms. The molecule has 2 aromatic rings. The Kier molecular flexibility index (Phi) is 4.43. The number of amides is 1. The summed E-state index contributed by atoms with van der Waals surface area (Å²) >= 11 is 0. The predicted octanol–water partition coefficient (Wildman–Crippen LogP) is 1.89. The molecule has 1 saturated carbocycles. The van der Waals surface area contributed by atoms with E-state index in [2.05, 4.69) is 10.3 Å². The molecule has 3 unspecified atom stereocenters. The second-order valence-corrected chi connectivity index (χ2v) is 6.16. The number of halogens is 1. The Morgan fingerprint density at radius 2 is 2.30 bits per heavy atom. The van der Waals surface area contributed by atoms with Crippen LogP contribution < -0.4 is 11.1 Å². The number of nitrogens with two attached hydrogens (primary N) is 1. The van der Waals surface area contributed by atoms with Gasteiger partial charge in [-0.05, 0) is 37.0 Å². The van der Waals surface area contributed by atoms with Gasteiger partial charge in [0.05, 0.1) is 0 Å². The van der Waals surface area contributed by atoms with E-state index in [0.717, 1.165) is 12.8 Å². The quantitative estimate of drug-likeness (QED) is 0.905. The normalized spacial score (nSPS) is 22.0. The second kappa shape index (κ2) is 6.50. The first-order valence-electron chi connectivity index (χ1n) is 7.83. The lowest BCUT2D eigenvalue weighted by molar-refractivity contribution is -0.125. The smallest absolute Gasteiger partial charge is 0.224 e. The zero-order valence-corrected chi connectivity index (χ0v) is 13.1. The van der Waals surface area contributed by atoms with Crippen molar-refractivity contribution in [2.45, 2.75) is 31.3 Å². The van der Waals surface area contributed by atoms with Crippen LogP contribution in [0.1, 0.15) is 36.7 Å². The number of imidazole rings is 1. The van der Waals surface area contributed by atoms with Crippen molar-refractivity contribution < 1.29 is 9.18 Å². The predicted molar refractivity (Wildman–Crippen MR) is 84.9 cm³/mol. The first-order chi connectivity index (χ1) is 11.0. The van der Waals surface area contributed by atoms with Crippen LogP contribution in [-0.4, -0.2) is 21.5 Å². The molecule has 1 heterocycles. The fourth-order valence-corrected chi connectivity index (χ4v) is 3.15. The highest BCUT2D eigenvalue weighted by Gasteiger charge is 2.30. The van der Waals surface area contributed by atoms with Crippen molar-refractivity contribution in [3.63, 3.8) is 0 Å². The van der Waals surface area contributed by atoms with Crippen LogP contribution in [0.5, 0.6) is 0 Å². The highest BCUT2D eigenvalue weighted by molar-refractivity contribution is 5.79. The van der Waals surface area contributed by atoms with Gasteiger partial charge >= 0.3 is 0 Å². The minimum Gasteiger partial charge on any atom is -0.342 e. The summed E-state index contributed by atoms with van der Waals surface area (Å²) in [7, 11) is 1.85. The largest absolute Gasteiger partial charge is 0.342 e. The van der Waals surface area contributed by atoms with Gasteiger partial charge in [0.15, 0.2) is 0 Å². The summed E-state index contributed by atoms with van der Waals surface area (Å²) < 4.78 is 15.4. The topological polar surface area (TPSA) is 72.9 Å². The lowest BCUT2D eigenvalue weighted by atomic mass is 10.0. The minimum absolute atomic E-state index is 0.0461. The molecule has 0 radical (unpaired) electrons. The summed E-state index contributed by atoms with van der Waals surface area (Å²) in [6.07, 6.45) is 5.83. The van der Waals surface area contributed by atoms with Crippen LogP contribution in [-0.2, 0) is 11.8 Å². The molecule has 1 aromatic heterocycles. The van der Waals surface area contributed by atoms with Gasteiger partial charge in [-0.2, -0.15) is 0 Å². The molecule has 23 heavy (non-hydrogen) atoms. The summed E-state index contributed by atoms with van der Waals surface area (Å²) in [5.41, 5.74) is 6.57. The third-order valence-corrected chi connectivity index (χ3v) is 4.43. The van der Waals surface area contributed by atoms with Crippen LogP contribution in [0.15, 0.2) is 36.7 Å². The maximum atomic E-state index is 13.6. The third-order valence-electron chi connectivity index (χ3n) is 4.43. The van der Waals surface area contributed by atoms with Crippen LogP contribution in [0, 0.1) is 11.7 Å². The van der Waals surface area contributed by atoms with Gasteiger partial charge in [0.2, 0.25) is 5.91 Å². The highest BCUT2D eigenvalue weighted by Crippen LogP contribution is 2.27. The molecule has 5 nitrogen and oxygen atoms in total. The van der Waals surface area contributed by atoms with Crippen molar-refractivity contribution in [1.29, 1.82) is 0 Å². The van der Waals surface area contributed by atoms with Crippen molar-refractivity contribution in [1.82, 2.24) is 14.9 Å². The van der Waals surface area contributed by atoms with E-state index in [1.165, 1.54) is 12.1 Å². The van der Waals surface area contributed by atoms with Crippen molar-refractivity contribution in [3.8, 4) is 0 Å². The number of nitrogens with zero attached hydrogens (tertiary/aromatic N) is 2. The van der Waals surface area contributed by atoms with Crippen LogP contribution >= 0.6 is 0 Å². The van der Waals surface area contributed by atoms with Gasteiger partial charge in [-0.3, -0.25) is 4.79 Å². The molecule has 3 N–H and O–H groups in total. The molecule has 3 atom stereocenters. The summed E-state index contributed by atoms with van der Waals surface area (Å²) in [5, 5.41) is 3.02. The van der Waals surface area contributed by atoms with E-state index in [0.29, 0.717) is 17.8 Å². The number of aromatic nitrogens is 2. The summed E-state index contributed by atoms with van der Waals surface area (Å²) in [6, 6.07) is 5.86. The molecule has 1 aromatic carbocycles. The van der Waals surface area contributed by atoms with Gasteiger partial charge in [-0.25, -0.2) is 9.37 Å². The fourth-order valence-electron chi connectivity index (χ4n) is 3.15. The number of nitrogens with one attached hydrogen (secondary N) is 1. The number of aryl methyl sites for hydroxylation is 1. The number of rotatable bonds is 4. The van der Waals surface area contributed by atoms with E-state index >= 15 is 0 Å². The number of benzene rings is 1. The molecule has 0 spiro atoms. The van der Waals surface area contributed by atoms with E-state index in [1.54, 1.807) is 24.5 Å². The van der Waals surface area contributed by atoms with E-state index < -0.39 is 6.04 Å². The Balaban J connectivity index is 1.87. The summed E-state index contributed by atoms with van der Waals surface area (Å²) in [4.78, 5) is 16.9. The SMILES string of the molecule is Cn1ccnc1C(NC(=O)C1CCC(N)C1)c1cccc(F)c1. The molecule has 1 amide bonds. The van der Waals surface area contributed by atoms with Crippen molar-refractivity contribution in [3.05, 3.63) is 53.9 Å². The van der Waals surface area contributed by atoms with Crippen LogP contribution in [0.3, 0.4) is 0 Å². The molecule has 1 aliphatic carbocycles. The van der Waals surface area contributed by atoms with Gasteiger partial charge in [0, 0.05) is 31.4 Å². The summed E-state index contributed by atoms with van der Waals surface area (Å²) in [5.74, 6) is 0.210. The number of carbonyl (C=O) groups excluding carboxylic acids is 1. The fraction of sp³-hybridized carbons (Fsp3) is 0.412. The lowest BCUT2D eigenvalue weighted by Crippen LogP contribution is -2.35. The Morgan fingerprint density at radius 1 is 1.48 bits per heavy atom. The highest BCUT2D eigenvalue weighted by atomic mass is 19.1. The zero-order valence-electron chi connectivity index (χ0n) is 13.1. The molecule has 0 saturated heterocycles. The van der Waals surface area contributed by atoms with E-state index in [-0.39, 0.29) is 23.7 Å². The zero-order chi connectivity index (χ0) is 16.4. The molecule has 1 aliphatic rings. The number of hydrogen-bond donors (Lipinski definition) is 2. The van der Waals surface area contributed by atoms with Crippen molar-refractivity contribution in [2.75, 3.05) is 0 Å². The number of hydrogen-bond acceptors (Lipinski definition) is 3. The van der Waals surface area contributed by atoms with Crippen molar-refractivity contribution >= 4 is 5.91 Å². The van der Waals surface area contributed by atoms with E-state index in [4.69, 9.17) is 5.73 Å². The Hall–Kier alpha value is -2.21. The Morgan fingerprint density at radius 3 is 2.91 bits per heavy atom. The van der Waals surface area contributed by atoms with E-state index in [1.807, 2.05) is 11.6 Å². The first kappa shape index (κ1) is 15.7. The number of carbonyl (C=O) groups is 1. The average molecular weight is 316 g/mol. The minimum atomic E-state index is -0.477. The summed E-state index contributed by atoms with van der Waals surface area (Å²) in [6.45, 7) is 0. The van der Waals surface area contributed by atoms with Gasteiger partial charge in [-0.1, -0.05) is 12.1 Å². The molecule has 122 valence electrons. The molecule has 3 rings (SSSR count). The molecule has 0 bridgehead atoms. The standard InChI is InChI=1S/C17H21FN4O/c1-22-8-7-20-16(22)15(11-3-2-4-13(18)9-11)21-17(23)12-5-6-14(19)10-12/h2-4,7-9,12,14-15H,5-6,10,19H2,1H3,(H,21,23). The van der Waals surface area contributed by atoms with Gasteiger partial charge in [0.25, 0.3) is 0 Å². The Labute approximate surface area is 134 Å². The Bertz CT molecular complexity index is 699. The van der Waals surface area contributed by atoms with Gasteiger partial charge in [0.1, 0.15) is 17.7 Å². The van der Waals surface area contributed by atoms with Crippen LogP contribution in [0.4, 0.5) is 4.39 Å². The van der Waals surface area contributed by atoms with Gasteiger partial charge in [-0.15, -0.1) is 0 Å². The van der Waals surface area contributed by atoms with Gasteiger partial charge < -0.3 is 15.6 Å². The van der Waals surface area contributed by atoms with E-state index in [9.17, 15) is 9.18 Å². The maximum Gasteiger partial charge on any atom is 0.224 e. The molecular weight excluding hydrogens is 295 g/mol. The van der Waals surface area contributed by atoms with Crippen molar-refractivity contribution in [2.24, 2.45) is 18.7 Å². The maximum absolute atomic E-state index is 13.6. The molecule has 0 aliphatic heterocycles. The lowest BCUT2D eigenvalue weighted by Gasteiger charge is -2.21. The third kappa shape index (κ3) is 3.42. The molecule has 1 fully saturated rings. The second-order valence-electron chi connectivity index (χ2n) is 6.16. The van der Waals surface area contributed by atoms with Crippen LogP contribution in [0.25, 0.3) is 0 Å². The average Bonchev–Trinajstić information content (AvgIpc) is 3.13. The first-order valence-corrected chi connectivity index (χ1v) is 7.83. The monoisotopic (exact) mass is 316 g/mol. The van der Waals surface area contributed by atoms with Crippen LogP contribution in [0.2, 0.25) is 0 Å².